The van der Waals surface area contributed by atoms with Crippen molar-refractivity contribution in [3.8, 4) is 0 Å². The predicted octanol–water partition coefficient (Wildman–Crippen LogP) is 2.75. The first kappa shape index (κ1) is 15.7. The maximum atomic E-state index is 5.02. The molecule has 1 saturated heterocycles. The van der Waals surface area contributed by atoms with E-state index in [9.17, 15) is 0 Å². The number of methoxy groups -OCH3 is 1. The third-order valence-electron chi connectivity index (χ3n) is 4.08. The normalized spacial score (nSPS) is 17.1. The van der Waals surface area contributed by atoms with Crippen LogP contribution >= 0.6 is 11.3 Å². The SMILES string of the molecule is COCCNCc1csc(N2CCC(C(C)C)CC2)n1. The summed E-state index contributed by atoms with van der Waals surface area (Å²) in [4.78, 5) is 7.19. The van der Waals surface area contributed by atoms with Gasteiger partial charge in [0.25, 0.3) is 0 Å². The van der Waals surface area contributed by atoms with E-state index >= 15 is 0 Å². The Kier molecular flexibility index (Phi) is 6.26. The van der Waals surface area contributed by atoms with Gasteiger partial charge in [-0.05, 0) is 24.7 Å². The molecule has 0 atom stereocenters. The zero-order chi connectivity index (χ0) is 14.4. The van der Waals surface area contributed by atoms with E-state index in [-0.39, 0.29) is 0 Å². The highest BCUT2D eigenvalue weighted by Crippen LogP contribution is 2.29. The van der Waals surface area contributed by atoms with Crippen molar-refractivity contribution >= 4 is 16.5 Å². The number of ether oxygens (including phenoxy) is 1. The van der Waals surface area contributed by atoms with Crippen LogP contribution in [0, 0.1) is 11.8 Å². The Labute approximate surface area is 126 Å². The topological polar surface area (TPSA) is 37.4 Å². The molecule has 5 heteroatoms. The third-order valence-corrected chi connectivity index (χ3v) is 5.03. The fourth-order valence-electron chi connectivity index (χ4n) is 2.67. The second kappa shape index (κ2) is 7.96. The van der Waals surface area contributed by atoms with E-state index < -0.39 is 0 Å². The molecule has 0 aromatic carbocycles. The molecule has 0 amide bonds. The van der Waals surface area contributed by atoms with Gasteiger partial charge >= 0.3 is 0 Å². The Morgan fingerprint density at radius 2 is 2.20 bits per heavy atom. The van der Waals surface area contributed by atoms with Gasteiger partial charge in [0.1, 0.15) is 0 Å². The molecular weight excluding hydrogens is 270 g/mol. The highest BCUT2D eigenvalue weighted by atomic mass is 32.1. The second-order valence-corrected chi connectivity index (χ2v) is 6.70. The molecule has 0 aliphatic carbocycles. The lowest BCUT2D eigenvalue weighted by atomic mass is 9.87. The highest BCUT2D eigenvalue weighted by molar-refractivity contribution is 7.13. The van der Waals surface area contributed by atoms with Gasteiger partial charge in [-0.25, -0.2) is 4.98 Å². The number of aromatic nitrogens is 1. The number of nitrogens with one attached hydrogen (secondary N) is 1. The Balaban J connectivity index is 1.78. The van der Waals surface area contributed by atoms with Crippen LogP contribution in [0.2, 0.25) is 0 Å². The molecule has 114 valence electrons. The van der Waals surface area contributed by atoms with Gasteiger partial charge in [-0.1, -0.05) is 13.8 Å². The van der Waals surface area contributed by atoms with Crippen LogP contribution in [0.1, 0.15) is 32.4 Å². The Hall–Kier alpha value is -0.650. The zero-order valence-electron chi connectivity index (χ0n) is 12.9. The minimum absolute atomic E-state index is 0.750. The van der Waals surface area contributed by atoms with Crippen LogP contribution < -0.4 is 10.2 Å². The van der Waals surface area contributed by atoms with Gasteiger partial charge in [0.15, 0.2) is 5.13 Å². The van der Waals surface area contributed by atoms with E-state index in [1.54, 1.807) is 18.4 Å². The van der Waals surface area contributed by atoms with Crippen LogP contribution in [-0.2, 0) is 11.3 Å². The van der Waals surface area contributed by atoms with Gasteiger partial charge < -0.3 is 15.0 Å². The molecule has 1 aliphatic heterocycles. The maximum absolute atomic E-state index is 5.02. The number of anilines is 1. The van der Waals surface area contributed by atoms with E-state index in [4.69, 9.17) is 9.72 Å². The average molecular weight is 297 g/mol. The monoisotopic (exact) mass is 297 g/mol. The lowest BCUT2D eigenvalue weighted by Gasteiger charge is -2.33. The lowest BCUT2D eigenvalue weighted by Crippen LogP contribution is -2.35. The minimum Gasteiger partial charge on any atom is -0.383 e. The second-order valence-electron chi connectivity index (χ2n) is 5.86. The van der Waals surface area contributed by atoms with Gasteiger partial charge in [0.2, 0.25) is 0 Å². The molecule has 0 bridgehead atoms. The van der Waals surface area contributed by atoms with Crippen LogP contribution in [0.15, 0.2) is 5.38 Å². The zero-order valence-corrected chi connectivity index (χ0v) is 13.7. The van der Waals surface area contributed by atoms with Crippen LogP contribution in [0.3, 0.4) is 0 Å². The number of nitrogens with zero attached hydrogens (tertiary/aromatic N) is 2. The molecule has 1 aliphatic rings. The van der Waals surface area contributed by atoms with Crippen molar-refractivity contribution in [3.63, 3.8) is 0 Å². The van der Waals surface area contributed by atoms with E-state index in [0.29, 0.717) is 0 Å². The summed E-state index contributed by atoms with van der Waals surface area (Å²) in [6, 6.07) is 0. The maximum Gasteiger partial charge on any atom is 0.185 e. The molecule has 1 aromatic rings. The Bertz CT molecular complexity index is 386. The molecule has 4 nitrogen and oxygen atoms in total. The highest BCUT2D eigenvalue weighted by Gasteiger charge is 2.23. The summed E-state index contributed by atoms with van der Waals surface area (Å²) < 4.78 is 5.02. The summed E-state index contributed by atoms with van der Waals surface area (Å²) >= 11 is 1.77. The molecule has 0 radical (unpaired) electrons. The molecule has 2 heterocycles. The minimum atomic E-state index is 0.750. The van der Waals surface area contributed by atoms with E-state index in [1.165, 1.54) is 18.0 Å². The summed E-state index contributed by atoms with van der Waals surface area (Å²) in [5, 5.41) is 6.70. The molecule has 0 unspecified atom stereocenters. The standard InChI is InChI=1S/C15H27N3OS/c1-12(2)13-4-7-18(8-5-13)15-17-14(11-20-15)10-16-6-9-19-3/h11-13,16H,4-10H2,1-3H3. The fourth-order valence-corrected chi connectivity index (χ4v) is 3.55. The molecular formula is C15H27N3OS. The van der Waals surface area contributed by atoms with Gasteiger partial charge in [-0.15, -0.1) is 11.3 Å². The van der Waals surface area contributed by atoms with Gasteiger partial charge in [-0.3, -0.25) is 0 Å². The quantitative estimate of drug-likeness (QED) is 0.785. The molecule has 1 aromatic heterocycles. The largest absolute Gasteiger partial charge is 0.383 e. The first-order chi connectivity index (χ1) is 9.70. The number of thiazole rings is 1. The van der Waals surface area contributed by atoms with Crippen LogP contribution in [0.4, 0.5) is 5.13 Å². The summed E-state index contributed by atoms with van der Waals surface area (Å²) in [6.45, 7) is 9.46. The molecule has 0 spiro atoms. The van der Waals surface area contributed by atoms with E-state index in [0.717, 1.165) is 50.3 Å². The first-order valence-electron chi connectivity index (χ1n) is 7.59. The number of hydrogen-bond donors (Lipinski definition) is 1. The van der Waals surface area contributed by atoms with E-state index in [1.807, 2.05) is 0 Å². The predicted molar refractivity (Wildman–Crippen MR) is 85.5 cm³/mol. The van der Waals surface area contributed by atoms with Crippen LogP contribution in [0.5, 0.6) is 0 Å². The van der Waals surface area contributed by atoms with Crippen molar-refractivity contribution in [1.29, 1.82) is 0 Å². The van der Waals surface area contributed by atoms with Gasteiger partial charge in [0, 0.05) is 38.7 Å². The molecule has 1 fully saturated rings. The molecule has 0 saturated carbocycles. The van der Waals surface area contributed by atoms with Crippen molar-refractivity contribution in [2.45, 2.75) is 33.2 Å². The van der Waals surface area contributed by atoms with E-state index in [2.05, 4.69) is 29.4 Å². The average Bonchev–Trinajstić information content (AvgIpc) is 2.92. The molecule has 1 N–H and O–H groups in total. The van der Waals surface area contributed by atoms with Crippen LogP contribution in [-0.4, -0.2) is 38.3 Å². The molecule has 2 rings (SSSR count). The smallest absolute Gasteiger partial charge is 0.185 e. The van der Waals surface area contributed by atoms with Crippen LogP contribution in [0.25, 0.3) is 0 Å². The summed E-state index contributed by atoms with van der Waals surface area (Å²) in [5.74, 6) is 1.70. The number of piperidine rings is 1. The van der Waals surface area contributed by atoms with Gasteiger partial charge in [0.05, 0.1) is 12.3 Å². The number of rotatable bonds is 7. The summed E-state index contributed by atoms with van der Waals surface area (Å²) in [6.07, 6.45) is 2.61. The van der Waals surface area contributed by atoms with Crippen molar-refractivity contribution in [1.82, 2.24) is 10.3 Å². The van der Waals surface area contributed by atoms with Crippen molar-refractivity contribution < 1.29 is 4.74 Å². The van der Waals surface area contributed by atoms with Crippen molar-refractivity contribution in [3.05, 3.63) is 11.1 Å². The summed E-state index contributed by atoms with van der Waals surface area (Å²) in [7, 11) is 1.73. The van der Waals surface area contributed by atoms with Crippen molar-refractivity contribution in [2.24, 2.45) is 11.8 Å². The lowest BCUT2D eigenvalue weighted by molar-refractivity contribution is 0.199. The Morgan fingerprint density at radius 1 is 1.45 bits per heavy atom. The summed E-state index contributed by atoms with van der Waals surface area (Å²) in [5.41, 5.74) is 1.15. The Morgan fingerprint density at radius 3 is 2.85 bits per heavy atom. The number of hydrogen-bond acceptors (Lipinski definition) is 5. The first-order valence-corrected chi connectivity index (χ1v) is 8.47. The third kappa shape index (κ3) is 4.43. The fraction of sp³-hybridized carbons (Fsp3) is 0.800. The van der Waals surface area contributed by atoms with Crippen molar-refractivity contribution in [2.75, 3.05) is 38.3 Å². The van der Waals surface area contributed by atoms with Gasteiger partial charge in [-0.2, -0.15) is 0 Å². The molecule has 20 heavy (non-hydrogen) atoms.